The molecule has 1 aromatic carbocycles. The van der Waals surface area contributed by atoms with Gasteiger partial charge in [0.05, 0.1) is 12.3 Å². The van der Waals surface area contributed by atoms with Gasteiger partial charge < -0.3 is 0 Å². The van der Waals surface area contributed by atoms with Crippen LogP contribution in [-0.2, 0) is 10.0 Å². The number of sulfonamides is 1. The molecule has 1 atom stereocenters. The molecule has 0 aliphatic heterocycles. The number of halogens is 2. The molecule has 2 rings (SSSR count). The Balaban J connectivity index is 2.61. The summed E-state index contributed by atoms with van der Waals surface area (Å²) in [6.07, 6.45) is 4.40. The Kier molecular flexibility index (Phi) is 4.88. The van der Waals surface area contributed by atoms with Crippen molar-refractivity contribution >= 4 is 33.2 Å². The van der Waals surface area contributed by atoms with Crippen LogP contribution >= 0.6 is 23.2 Å². The normalized spacial score (nSPS) is 13.4. The topological polar surface area (TPSA) is 50.3 Å². The predicted molar refractivity (Wildman–Crippen MR) is 85.1 cm³/mol. The highest BCUT2D eigenvalue weighted by molar-refractivity contribution is 7.88. The van der Waals surface area contributed by atoms with Gasteiger partial charge in [-0.25, -0.2) is 8.42 Å². The molecular weight excluding hydrogens is 331 g/mol. The highest BCUT2D eigenvalue weighted by Crippen LogP contribution is 2.34. The van der Waals surface area contributed by atoms with Crippen LogP contribution in [0.5, 0.6) is 0 Å². The average molecular weight is 345 g/mol. The minimum absolute atomic E-state index is 0.409. The van der Waals surface area contributed by atoms with Gasteiger partial charge in [0.25, 0.3) is 0 Å². The zero-order valence-corrected chi connectivity index (χ0v) is 13.8. The van der Waals surface area contributed by atoms with Gasteiger partial charge in [-0.2, -0.15) is 4.31 Å². The molecule has 7 heteroatoms. The summed E-state index contributed by atoms with van der Waals surface area (Å²) in [5, 5.41) is 0.905. The Morgan fingerprint density at radius 1 is 1.24 bits per heavy atom. The summed E-state index contributed by atoms with van der Waals surface area (Å²) >= 11 is 12.2. The minimum atomic E-state index is -3.41. The maximum absolute atomic E-state index is 11.9. The zero-order chi connectivity index (χ0) is 15.6. The van der Waals surface area contributed by atoms with Gasteiger partial charge in [-0.15, -0.1) is 0 Å². The molecule has 21 heavy (non-hydrogen) atoms. The molecule has 0 spiro atoms. The number of hydrogen-bond acceptors (Lipinski definition) is 3. The Hall–Kier alpha value is -1.14. The van der Waals surface area contributed by atoms with Gasteiger partial charge in [0.15, 0.2) is 0 Å². The van der Waals surface area contributed by atoms with E-state index in [4.69, 9.17) is 23.2 Å². The van der Waals surface area contributed by atoms with Crippen LogP contribution in [0.3, 0.4) is 0 Å². The molecule has 0 unspecified atom stereocenters. The summed E-state index contributed by atoms with van der Waals surface area (Å²) in [5.74, 6) is 0. The van der Waals surface area contributed by atoms with Crippen molar-refractivity contribution in [1.82, 2.24) is 9.29 Å². The molecule has 0 aliphatic rings. The fraction of sp³-hybridized carbons (Fsp3) is 0.214. The SMILES string of the molecule is CN([C@H](c1cccnc1)c1ccc(Cl)cc1Cl)S(C)(=O)=O. The van der Waals surface area contributed by atoms with Crippen molar-refractivity contribution in [2.24, 2.45) is 0 Å². The molecule has 0 N–H and O–H groups in total. The lowest BCUT2D eigenvalue weighted by Crippen LogP contribution is -2.31. The van der Waals surface area contributed by atoms with Crippen LogP contribution in [0.2, 0.25) is 10.0 Å². The summed E-state index contributed by atoms with van der Waals surface area (Å²) in [5.41, 5.74) is 1.39. The van der Waals surface area contributed by atoms with E-state index in [9.17, 15) is 8.42 Å². The molecule has 0 fully saturated rings. The summed E-state index contributed by atoms with van der Waals surface area (Å²) in [6.45, 7) is 0. The monoisotopic (exact) mass is 344 g/mol. The highest BCUT2D eigenvalue weighted by atomic mass is 35.5. The first kappa shape index (κ1) is 16.2. The third kappa shape index (κ3) is 3.74. The van der Waals surface area contributed by atoms with Gasteiger partial charge in [0.2, 0.25) is 10.0 Å². The van der Waals surface area contributed by atoms with Crippen molar-refractivity contribution in [3.63, 3.8) is 0 Å². The van der Waals surface area contributed by atoms with E-state index in [0.29, 0.717) is 15.6 Å². The Morgan fingerprint density at radius 3 is 2.48 bits per heavy atom. The number of rotatable bonds is 4. The second kappa shape index (κ2) is 6.32. The summed E-state index contributed by atoms with van der Waals surface area (Å²) in [4.78, 5) is 4.05. The Labute approximate surface area is 134 Å². The molecule has 2 aromatic rings. The molecule has 0 aliphatic carbocycles. The van der Waals surface area contributed by atoms with Crippen LogP contribution in [0, 0.1) is 0 Å². The standard InChI is InChI=1S/C14H14Cl2N2O2S/c1-18(21(2,19)20)14(10-4-3-7-17-9-10)12-6-5-11(15)8-13(12)16/h3-9,14H,1-2H3/t14-/m1/s1. The van der Waals surface area contributed by atoms with Crippen molar-refractivity contribution in [1.29, 1.82) is 0 Å². The van der Waals surface area contributed by atoms with E-state index in [2.05, 4.69) is 4.98 Å². The first-order valence-corrected chi connectivity index (χ1v) is 8.69. The quantitative estimate of drug-likeness (QED) is 0.854. The predicted octanol–water partition coefficient (Wildman–Crippen LogP) is 3.37. The Bertz CT molecular complexity index is 736. The molecule has 0 radical (unpaired) electrons. The Morgan fingerprint density at radius 2 is 1.95 bits per heavy atom. The average Bonchev–Trinajstić information content (AvgIpc) is 2.41. The number of pyridine rings is 1. The van der Waals surface area contributed by atoms with E-state index in [-0.39, 0.29) is 0 Å². The maximum Gasteiger partial charge on any atom is 0.211 e. The molecule has 0 bridgehead atoms. The highest BCUT2D eigenvalue weighted by Gasteiger charge is 2.27. The van der Waals surface area contributed by atoms with E-state index in [1.165, 1.54) is 11.4 Å². The minimum Gasteiger partial charge on any atom is -0.264 e. The zero-order valence-electron chi connectivity index (χ0n) is 11.5. The largest absolute Gasteiger partial charge is 0.264 e. The van der Waals surface area contributed by atoms with Gasteiger partial charge in [-0.3, -0.25) is 4.98 Å². The summed E-state index contributed by atoms with van der Waals surface area (Å²) in [7, 11) is -1.90. The summed E-state index contributed by atoms with van der Waals surface area (Å²) in [6, 6.07) is 8.01. The van der Waals surface area contributed by atoms with Crippen LogP contribution in [0.4, 0.5) is 0 Å². The van der Waals surface area contributed by atoms with E-state index < -0.39 is 16.1 Å². The number of aromatic nitrogens is 1. The van der Waals surface area contributed by atoms with Crippen molar-refractivity contribution in [3.8, 4) is 0 Å². The third-order valence-corrected chi connectivity index (χ3v) is 4.96. The number of hydrogen-bond donors (Lipinski definition) is 0. The van der Waals surface area contributed by atoms with Crippen LogP contribution in [0.1, 0.15) is 17.2 Å². The van der Waals surface area contributed by atoms with Crippen molar-refractivity contribution < 1.29 is 8.42 Å². The fourth-order valence-electron chi connectivity index (χ4n) is 2.04. The van der Waals surface area contributed by atoms with Crippen molar-refractivity contribution in [2.45, 2.75) is 6.04 Å². The van der Waals surface area contributed by atoms with Gasteiger partial charge >= 0.3 is 0 Å². The molecule has 1 aromatic heterocycles. The van der Waals surface area contributed by atoms with E-state index in [1.807, 2.05) is 6.07 Å². The van der Waals surface area contributed by atoms with Gasteiger partial charge in [0, 0.05) is 29.5 Å². The smallest absolute Gasteiger partial charge is 0.211 e. The first-order chi connectivity index (χ1) is 9.80. The molecule has 0 amide bonds. The van der Waals surface area contributed by atoms with E-state index in [0.717, 1.165) is 11.8 Å². The van der Waals surface area contributed by atoms with Crippen LogP contribution in [0.25, 0.3) is 0 Å². The van der Waals surface area contributed by atoms with Gasteiger partial charge in [0.1, 0.15) is 0 Å². The van der Waals surface area contributed by atoms with Crippen LogP contribution < -0.4 is 0 Å². The molecule has 0 saturated carbocycles. The van der Waals surface area contributed by atoms with Gasteiger partial charge in [-0.1, -0.05) is 35.3 Å². The van der Waals surface area contributed by atoms with Crippen molar-refractivity contribution in [3.05, 3.63) is 63.9 Å². The summed E-state index contributed by atoms with van der Waals surface area (Å²) < 4.78 is 25.1. The first-order valence-electron chi connectivity index (χ1n) is 6.08. The number of benzene rings is 1. The van der Waals surface area contributed by atoms with Gasteiger partial charge in [-0.05, 0) is 29.3 Å². The van der Waals surface area contributed by atoms with E-state index in [1.54, 1.807) is 36.7 Å². The molecule has 1 heterocycles. The second-order valence-corrected chi connectivity index (χ2v) is 7.52. The van der Waals surface area contributed by atoms with E-state index >= 15 is 0 Å². The number of nitrogens with zero attached hydrogens (tertiary/aromatic N) is 2. The lowest BCUT2D eigenvalue weighted by atomic mass is 10.0. The molecule has 4 nitrogen and oxygen atoms in total. The molecule has 112 valence electrons. The lowest BCUT2D eigenvalue weighted by Gasteiger charge is -2.27. The third-order valence-electron chi connectivity index (χ3n) is 3.14. The van der Waals surface area contributed by atoms with Crippen molar-refractivity contribution in [2.75, 3.05) is 13.3 Å². The fourth-order valence-corrected chi connectivity index (χ4v) is 3.17. The maximum atomic E-state index is 11.9. The lowest BCUT2D eigenvalue weighted by molar-refractivity contribution is 0.421. The second-order valence-electron chi connectivity index (χ2n) is 4.63. The molecular formula is C14H14Cl2N2O2S. The van der Waals surface area contributed by atoms with Crippen LogP contribution in [0.15, 0.2) is 42.7 Å². The van der Waals surface area contributed by atoms with Crippen LogP contribution in [-0.4, -0.2) is 31.0 Å². The molecule has 0 saturated heterocycles.